The number of unbranched alkanes of at least 4 members (excludes halogenated alkanes) is 6. The fourth-order valence-electron chi connectivity index (χ4n) is 2.72. The molecule has 0 aliphatic heterocycles. The Morgan fingerprint density at radius 2 is 1.44 bits per heavy atom. The molecule has 0 saturated heterocycles. The van der Waals surface area contributed by atoms with E-state index in [1.165, 1.54) is 38.5 Å². The van der Waals surface area contributed by atoms with Gasteiger partial charge in [-0.15, -0.1) is 0 Å². The molecule has 0 heterocycles. The number of carbonyl (C=O) groups is 1. The summed E-state index contributed by atoms with van der Waals surface area (Å²) in [6.07, 6.45) is 12.7. The van der Waals surface area contributed by atoms with Gasteiger partial charge >= 0.3 is 0 Å². The number of nitrogens with zero attached hydrogens (tertiary/aromatic N) is 1. The minimum atomic E-state index is 0.0454. The van der Waals surface area contributed by atoms with E-state index >= 15 is 0 Å². The van der Waals surface area contributed by atoms with Crippen LogP contribution in [0.4, 0.5) is 0 Å². The van der Waals surface area contributed by atoms with Gasteiger partial charge < -0.3 is 4.90 Å². The van der Waals surface area contributed by atoms with Crippen molar-refractivity contribution in [2.45, 2.75) is 65.2 Å². The van der Waals surface area contributed by atoms with Crippen molar-refractivity contribution in [2.24, 2.45) is 0 Å². The van der Waals surface area contributed by atoms with Crippen LogP contribution in [0.3, 0.4) is 0 Å². The zero-order valence-electron chi connectivity index (χ0n) is 15.6. The highest BCUT2D eigenvalue weighted by Gasteiger charge is 2.11. The van der Waals surface area contributed by atoms with Crippen molar-refractivity contribution >= 4 is 35.2 Å². The van der Waals surface area contributed by atoms with Crippen molar-refractivity contribution in [2.75, 3.05) is 13.1 Å². The minimum absolute atomic E-state index is 0.0454. The molecule has 1 amide bonds. The lowest BCUT2D eigenvalue weighted by atomic mass is 10.1. The Labute approximate surface area is 163 Å². The molecule has 25 heavy (non-hydrogen) atoms. The van der Waals surface area contributed by atoms with Crippen LogP contribution in [0.5, 0.6) is 0 Å². The van der Waals surface area contributed by atoms with E-state index in [1.54, 1.807) is 30.4 Å². The highest BCUT2D eigenvalue weighted by molar-refractivity contribution is 6.37. The molecule has 0 aliphatic rings. The Balaban J connectivity index is 2.67. The van der Waals surface area contributed by atoms with Gasteiger partial charge in [-0.1, -0.05) is 81.6 Å². The summed E-state index contributed by atoms with van der Waals surface area (Å²) in [5.74, 6) is 0.0454. The van der Waals surface area contributed by atoms with Crippen molar-refractivity contribution in [1.29, 1.82) is 0 Å². The number of halogens is 2. The molecule has 1 aromatic rings. The molecule has 1 aromatic carbocycles. The summed E-state index contributed by atoms with van der Waals surface area (Å²) in [5, 5.41) is 1.13. The van der Waals surface area contributed by atoms with Crippen LogP contribution >= 0.6 is 23.2 Å². The van der Waals surface area contributed by atoms with Gasteiger partial charge in [-0.2, -0.15) is 0 Å². The van der Waals surface area contributed by atoms with Gasteiger partial charge in [-0.05, 0) is 31.1 Å². The maximum atomic E-state index is 12.6. The van der Waals surface area contributed by atoms with Crippen molar-refractivity contribution < 1.29 is 4.79 Å². The summed E-state index contributed by atoms with van der Waals surface area (Å²) < 4.78 is 0. The molecule has 0 radical (unpaired) electrons. The molecule has 4 heteroatoms. The summed E-state index contributed by atoms with van der Waals surface area (Å²) in [7, 11) is 0. The van der Waals surface area contributed by atoms with Crippen LogP contribution in [0.25, 0.3) is 6.08 Å². The van der Waals surface area contributed by atoms with E-state index in [9.17, 15) is 4.79 Å². The first kappa shape index (κ1) is 22.1. The predicted octanol–water partition coefficient (Wildman–Crippen LogP) is 7.00. The maximum absolute atomic E-state index is 12.6. The number of benzene rings is 1. The molecule has 0 aromatic heterocycles. The molecule has 0 fully saturated rings. The first-order valence-electron chi connectivity index (χ1n) is 9.51. The molecular formula is C21H31Cl2NO. The van der Waals surface area contributed by atoms with Gasteiger partial charge in [0.25, 0.3) is 0 Å². The lowest BCUT2D eigenvalue weighted by Crippen LogP contribution is -2.31. The highest BCUT2D eigenvalue weighted by Crippen LogP contribution is 2.25. The molecule has 0 N–H and O–H groups in total. The van der Waals surface area contributed by atoms with Gasteiger partial charge in [0.1, 0.15) is 0 Å². The third-order valence-electron chi connectivity index (χ3n) is 4.27. The van der Waals surface area contributed by atoms with Gasteiger partial charge in [0, 0.05) is 34.8 Å². The van der Waals surface area contributed by atoms with Crippen molar-refractivity contribution in [3.63, 3.8) is 0 Å². The van der Waals surface area contributed by atoms with Crippen LogP contribution in [0.2, 0.25) is 10.0 Å². The van der Waals surface area contributed by atoms with E-state index < -0.39 is 0 Å². The largest absolute Gasteiger partial charge is 0.339 e. The average Bonchev–Trinajstić information content (AvgIpc) is 2.59. The van der Waals surface area contributed by atoms with Gasteiger partial charge in [0.2, 0.25) is 5.91 Å². The van der Waals surface area contributed by atoms with E-state index in [-0.39, 0.29) is 5.91 Å². The maximum Gasteiger partial charge on any atom is 0.246 e. The Hall–Kier alpha value is -0.990. The number of amides is 1. The second kappa shape index (κ2) is 13.2. The Morgan fingerprint density at radius 3 is 1.92 bits per heavy atom. The van der Waals surface area contributed by atoms with E-state index in [2.05, 4.69) is 13.8 Å². The van der Waals surface area contributed by atoms with Crippen LogP contribution in [0, 0.1) is 0 Å². The molecular weight excluding hydrogens is 353 g/mol. The standard InChI is InChI=1S/C21H31Cl2NO/c1-3-5-7-9-16-24(17-10-8-6-4-2)21(25)15-14-18-19(22)12-11-13-20(18)23/h11-15H,3-10,16-17H2,1-2H3/b15-14+. The summed E-state index contributed by atoms with van der Waals surface area (Å²) in [6, 6.07) is 5.37. The number of hydrogen-bond donors (Lipinski definition) is 0. The number of hydrogen-bond acceptors (Lipinski definition) is 1. The van der Waals surface area contributed by atoms with Crippen LogP contribution in [0.15, 0.2) is 24.3 Å². The molecule has 2 nitrogen and oxygen atoms in total. The van der Waals surface area contributed by atoms with E-state index in [4.69, 9.17) is 23.2 Å². The van der Waals surface area contributed by atoms with Crippen LogP contribution in [0.1, 0.15) is 70.8 Å². The topological polar surface area (TPSA) is 20.3 Å². The Bertz CT molecular complexity index is 510. The van der Waals surface area contributed by atoms with Crippen LogP contribution in [-0.4, -0.2) is 23.9 Å². The second-order valence-electron chi connectivity index (χ2n) is 6.42. The fourth-order valence-corrected chi connectivity index (χ4v) is 3.24. The minimum Gasteiger partial charge on any atom is -0.339 e. The molecule has 0 bridgehead atoms. The summed E-state index contributed by atoms with van der Waals surface area (Å²) in [4.78, 5) is 14.6. The third kappa shape index (κ3) is 8.78. The first-order chi connectivity index (χ1) is 12.1. The normalized spacial score (nSPS) is 11.2. The van der Waals surface area contributed by atoms with Crippen LogP contribution < -0.4 is 0 Å². The van der Waals surface area contributed by atoms with Crippen molar-refractivity contribution in [3.05, 3.63) is 39.9 Å². The summed E-state index contributed by atoms with van der Waals surface area (Å²) in [5.41, 5.74) is 0.705. The second-order valence-corrected chi connectivity index (χ2v) is 7.23. The summed E-state index contributed by atoms with van der Waals surface area (Å²) in [6.45, 7) is 6.05. The highest BCUT2D eigenvalue weighted by atomic mass is 35.5. The van der Waals surface area contributed by atoms with E-state index in [0.717, 1.165) is 25.9 Å². The lowest BCUT2D eigenvalue weighted by Gasteiger charge is -2.21. The van der Waals surface area contributed by atoms with Gasteiger partial charge in [0.15, 0.2) is 0 Å². The van der Waals surface area contributed by atoms with Gasteiger partial charge in [0.05, 0.1) is 0 Å². The third-order valence-corrected chi connectivity index (χ3v) is 4.93. The molecule has 1 rings (SSSR count). The lowest BCUT2D eigenvalue weighted by molar-refractivity contribution is -0.126. The number of rotatable bonds is 12. The zero-order valence-corrected chi connectivity index (χ0v) is 17.1. The number of carbonyl (C=O) groups excluding carboxylic acids is 1. The molecule has 0 spiro atoms. The van der Waals surface area contributed by atoms with Gasteiger partial charge in [-0.3, -0.25) is 4.79 Å². The first-order valence-corrected chi connectivity index (χ1v) is 10.3. The Morgan fingerprint density at radius 1 is 0.920 bits per heavy atom. The van der Waals surface area contributed by atoms with Crippen LogP contribution in [-0.2, 0) is 4.79 Å². The van der Waals surface area contributed by atoms with E-state index in [1.807, 2.05) is 4.90 Å². The predicted molar refractivity (Wildman–Crippen MR) is 110 cm³/mol. The zero-order chi connectivity index (χ0) is 18.5. The molecule has 0 saturated carbocycles. The Kier molecular flexibility index (Phi) is 11.7. The average molecular weight is 384 g/mol. The molecule has 0 aliphatic carbocycles. The molecule has 140 valence electrons. The SMILES string of the molecule is CCCCCCN(CCCCCC)C(=O)/C=C/c1c(Cl)cccc1Cl. The van der Waals surface area contributed by atoms with Crippen molar-refractivity contribution in [1.82, 2.24) is 4.90 Å². The van der Waals surface area contributed by atoms with E-state index in [0.29, 0.717) is 15.6 Å². The van der Waals surface area contributed by atoms with Crippen molar-refractivity contribution in [3.8, 4) is 0 Å². The molecule has 0 atom stereocenters. The summed E-state index contributed by atoms with van der Waals surface area (Å²) >= 11 is 12.3. The fraction of sp³-hybridized carbons (Fsp3) is 0.571. The monoisotopic (exact) mass is 383 g/mol. The molecule has 0 unspecified atom stereocenters. The smallest absolute Gasteiger partial charge is 0.246 e. The van der Waals surface area contributed by atoms with Gasteiger partial charge in [-0.25, -0.2) is 0 Å². The quantitative estimate of drug-likeness (QED) is 0.281.